The molecule has 108 valence electrons. The number of piperidine rings is 1. The van der Waals surface area contributed by atoms with E-state index < -0.39 is 0 Å². The van der Waals surface area contributed by atoms with Gasteiger partial charge in [0.1, 0.15) is 0 Å². The predicted molar refractivity (Wildman–Crippen MR) is 81.6 cm³/mol. The van der Waals surface area contributed by atoms with Gasteiger partial charge in [-0.2, -0.15) is 0 Å². The van der Waals surface area contributed by atoms with Crippen molar-refractivity contribution in [3.05, 3.63) is 35.9 Å². The van der Waals surface area contributed by atoms with Crippen LogP contribution in [0.3, 0.4) is 0 Å². The summed E-state index contributed by atoms with van der Waals surface area (Å²) in [6.45, 7) is 4.21. The van der Waals surface area contributed by atoms with Crippen LogP contribution in [-0.4, -0.2) is 23.9 Å². The van der Waals surface area contributed by atoms with Crippen molar-refractivity contribution in [3.8, 4) is 0 Å². The van der Waals surface area contributed by atoms with E-state index in [2.05, 4.69) is 42.2 Å². The average molecular weight is 271 g/mol. The lowest BCUT2D eigenvalue weighted by Gasteiger charge is -2.40. The Hall–Kier alpha value is -1.31. The Morgan fingerprint density at radius 3 is 2.30 bits per heavy atom. The molecule has 1 saturated heterocycles. The Labute approximate surface area is 122 Å². The molecule has 2 heteroatoms. The summed E-state index contributed by atoms with van der Waals surface area (Å²) in [5.74, 6) is 0.758. The van der Waals surface area contributed by atoms with Crippen LogP contribution in [0.25, 0.3) is 0 Å². The van der Waals surface area contributed by atoms with Gasteiger partial charge in [0.2, 0.25) is 5.91 Å². The first-order valence-corrected chi connectivity index (χ1v) is 8.03. The first-order chi connectivity index (χ1) is 9.69. The molecule has 0 bridgehead atoms. The lowest BCUT2D eigenvalue weighted by molar-refractivity contribution is -0.136. The second-order valence-corrected chi connectivity index (χ2v) is 6.73. The Balaban J connectivity index is 1.63. The number of hydrogen-bond donors (Lipinski definition) is 0. The van der Waals surface area contributed by atoms with Gasteiger partial charge >= 0.3 is 0 Å². The molecule has 1 aromatic rings. The van der Waals surface area contributed by atoms with Crippen LogP contribution in [0.5, 0.6) is 0 Å². The Bertz CT molecular complexity index is 454. The minimum Gasteiger partial charge on any atom is -0.342 e. The van der Waals surface area contributed by atoms with Crippen molar-refractivity contribution in [2.75, 3.05) is 13.1 Å². The highest BCUT2D eigenvalue weighted by Gasteiger charge is 2.35. The third kappa shape index (κ3) is 2.61. The van der Waals surface area contributed by atoms with Crippen LogP contribution in [0.1, 0.15) is 51.0 Å². The highest BCUT2D eigenvalue weighted by atomic mass is 16.2. The van der Waals surface area contributed by atoms with E-state index in [-0.39, 0.29) is 5.41 Å². The topological polar surface area (TPSA) is 20.3 Å². The van der Waals surface area contributed by atoms with E-state index in [0.717, 1.165) is 38.8 Å². The number of carbonyl (C=O) groups excluding carboxylic acids is 1. The third-order valence-corrected chi connectivity index (χ3v) is 5.35. The van der Waals surface area contributed by atoms with Crippen molar-refractivity contribution in [1.29, 1.82) is 0 Å². The Morgan fingerprint density at radius 1 is 1.10 bits per heavy atom. The van der Waals surface area contributed by atoms with Crippen LogP contribution in [-0.2, 0) is 10.2 Å². The molecule has 2 aliphatic rings. The molecule has 2 fully saturated rings. The van der Waals surface area contributed by atoms with Crippen molar-refractivity contribution >= 4 is 5.91 Å². The van der Waals surface area contributed by atoms with E-state index >= 15 is 0 Å². The van der Waals surface area contributed by atoms with Gasteiger partial charge in [0, 0.05) is 19.0 Å². The molecule has 0 N–H and O–H groups in total. The fourth-order valence-corrected chi connectivity index (χ4v) is 3.78. The average Bonchev–Trinajstić information content (AvgIpc) is 3.02. The smallest absolute Gasteiger partial charge is 0.225 e. The highest BCUT2D eigenvalue weighted by molar-refractivity contribution is 5.79. The van der Waals surface area contributed by atoms with Crippen LogP contribution in [0.2, 0.25) is 0 Å². The van der Waals surface area contributed by atoms with E-state index in [1.165, 1.54) is 18.4 Å². The zero-order chi connectivity index (χ0) is 14.0. The maximum absolute atomic E-state index is 12.5. The summed E-state index contributed by atoms with van der Waals surface area (Å²) in [4.78, 5) is 14.6. The van der Waals surface area contributed by atoms with Gasteiger partial charge in [-0.1, -0.05) is 50.1 Å². The molecule has 1 saturated carbocycles. The molecule has 1 aliphatic heterocycles. The molecule has 1 amide bonds. The molecule has 1 aromatic carbocycles. The highest BCUT2D eigenvalue weighted by Crippen LogP contribution is 2.36. The lowest BCUT2D eigenvalue weighted by atomic mass is 9.74. The van der Waals surface area contributed by atoms with Gasteiger partial charge in [-0.25, -0.2) is 0 Å². The van der Waals surface area contributed by atoms with Crippen LogP contribution in [0.4, 0.5) is 0 Å². The maximum atomic E-state index is 12.5. The van der Waals surface area contributed by atoms with Gasteiger partial charge in [-0.15, -0.1) is 0 Å². The molecule has 2 nitrogen and oxygen atoms in total. The predicted octanol–water partition coefficient (Wildman–Crippen LogP) is 3.76. The first-order valence-electron chi connectivity index (χ1n) is 8.03. The standard InChI is InChI=1S/C18H25NO/c1-18(16-9-3-2-4-10-16)11-13-19(14-12-18)17(20)15-7-5-6-8-15/h2-4,9-10,15H,5-8,11-14H2,1H3. The SMILES string of the molecule is CC1(c2ccccc2)CCN(C(=O)C2CCCC2)CC1. The zero-order valence-corrected chi connectivity index (χ0v) is 12.5. The van der Waals surface area contributed by atoms with Gasteiger partial charge in [-0.05, 0) is 36.7 Å². The van der Waals surface area contributed by atoms with E-state index in [0.29, 0.717) is 11.8 Å². The summed E-state index contributed by atoms with van der Waals surface area (Å²) >= 11 is 0. The molecule has 0 aromatic heterocycles. The van der Waals surface area contributed by atoms with Crippen LogP contribution in [0.15, 0.2) is 30.3 Å². The van der Waals surface area contributed by atoms with Crippen molar-refractivity contribution in [3.63, 3.8) is 0 Å². The normalized spacial score (nSPS) is 22.9. The molecular weight excluding hydrogens is 246 g/mol. The molecule has 1 aliphatic carbocycles. The van der Waals surface area contributed by atoms with Gasteiger partial charge in [0.25, 0.3) is 0 Å². The number of amides is 1. The van der Waals surface area contributed by atoms with Gasteiger partial charge < -0.3 is 4.90 Å². The number of rotatable bonds is 2. The van der Waals surface area contributed by atoms with E-state index in [4.69, 9.17) is 0 Å². The quantitative estimate of drug-likeness (QED) is 0.802. The maximum Gasteiger partial charge on any atom is 0.225 e. The third-order valence-electron chi connectivity index (χ3n) is 5.35. The molecular formula is C18H25NO. The molecule has 20 heavy (non-hydrogen) atoms. The molecule has 0 unspecified atom stereocenters. The van der Waals surface area contributed by atoms with Crippen molar-refractivity contribution in [2.24, 2.45) is 5.92 Å². The summed E-state index contributed by atoms with van der Waals surface area (Å²) in [5.41, 5.74) is 1.67. The summed E-state index contributed by atoms with van der Waals surface area (Å²) in [7, 11) is 0. The largest absolute Gasteiger partial charge is 0.342 e. The molecule has 0 spiro atoms. The summed E-state index contributed by atoms with van der Waals surface area (Å²) in [6.07, 6.45) is 6.90. The van der Waals surface area contributed by atoms with Crippen molar-refractivity contribution in [1.82, 2.24) is 4.90 Å². The fourth-order valence-electron chi connectivity index (χ4n) is 3.78. The van der Waals surface area contributed by atoms with Crippen molar-refractivity contribution in [2.45, 2.75) is 50.9 Å². The molecule has 0 radical (unpaired) electrons. The van der Waals surface area contributed by atoms with E-state index in [1.54, 1.807) is 0 Å². The van der Waals surface area contributed by atoms with Crippen LogP contribution >= 0.6 is 0 Å². The monoisotopic (exact) mass is 271 g/mol. The van der Waals surface area contributed by atoms with E-state index in [1.807, 2.05) is 0 Å². The van der Waals surface area contributed by atoms with Crippen LogP contribution in [0, 0.1) is 5.92 Å². The molecule has 0 atom stereocenters. The van der Waals surface area contributed by atoms with Crippen LogP contribution < -0.4 is 0 Å². The van der Waals surface area contributed by atoms with Gasteiger partial charge in [0.15, 0.2) is 0 Å². The summed E-state index contributed by atoms with van der Waals surface area (Å²) in [6, 6.07) is 10.8. The second-order valence-electron chi connectivity index (χ2n) is 6.73. The lowest BCUT2D eigenvalue weighted by Crippen LogP contribution is -2.45. The van der Waals surface area contributed by atoms with Gasteiger partial charge in [-0.3, -0.25) is 4.79 Å². The molecule has 3 rings (SSSR count). The summed E-state index contributed by atoms with van der Waals surface area (Å²) < 4.78 is 0. The number of likely N-dealkylation sites (tertiary alicyclic amines) is 1. The number of hydrogen-bond acceptors (Lipinski definition) is 1. The number of carbonyl (C=O) groups is 1. The van der Waals surface area contributed by atoms with E-state index in [9.17, 15) is 4.79 Å². The minimum absolute atomic E-state index is 0.244. The Morgan fingerprint density at radius 2 is 1.70 bits per heavy atom. The molecule has 1 heterocycles. The number of nitrogens with zero attached hydrogens (tertiary/aromatic N) is 1. The Kier molecular flexibility index (Phi) is 3.82. The van der Waals surface area contributed by atoms with Gasteiger partial charge in [0.05, 0.1) is 0 Å². The van der Waals surface area contributed by atoms with Crippen molar-refractivity contribution < 1.29 is 4.79 Å². The fraction of sp³-hybridized carbons (Fsp3) is 0.611. The summed E-state index contributed by atoms with van der Waals surface area (Å²) in [5, 5.41) is 0. The zero-order valence-electron chi connectivity index (χ0n) is 12.5. The second kappa shape index (κ2) is 5.59. The first kappa shape index (κ1) is 13.7. The minimum atomic E-state index is 0.244. The number of benzene rings is 1.